The number of amides is 1. The van der Waals surface area contributed by atoms with Crippen LogP contribution in [0.2, 0.25) is 5.02 Å². The first kappa shape index (κ1) is 14.2. The van der Waals surface area contributed by atoms with E-state index in [0.29, 0.717) is 16.5 Å². The van der Waals surface area contributed by atoms with Gasteiger partial charge in [0, 0.05) is 20.7 Å². The van der Waals surface area contributed by atoms with E-state index in [1.165, 1.54) is 0 Å². The molecule has 1 atom stereocenters. The van der Waals surface area contributed by atoms with E-state index < -0.39 is 6.04 Å². The highest BCUT2D eigenvalue weighted by molar-refractivity contribution is 9.10. The number of halogens is 2. The third kappa shape index (κ3) is 2.59. The van der Waals surface area contributed by atoms with E-state index in [4.69, 9.17) is 16.3 Å². The van der Waals surface area contributed by atoms with Crippen LogP contribution in [0.25, 0.3) is 0 Å². The number of hydrogen-bond acceptors (Lipinski definition) is 3. The zero-order valence-electron chi connectivity index (χ0n) is 11.1. The third-order valence-corrected chi connectivity index (χ3v) is 4.25. The van der Waals surface area contributed by atoms with Gasteiger partial charge >= 0.3 is 0 Å². The number of carbonyl (C=O) groups excluding carboxylic acids is 1. The summed E-state index contributed by atoms with van der Waals surface area (Å²) in [6, 6.07) is 10.4. The van der Waals surface area contributed by atoms with Gasteiger partial charge in [0.25, 0.3) is 5.91 Å². The Balaban J connectivity index is 2.00. The SMILES string of the molecule is COc1ccc(Cl)cc1NC1C(=O)Nc2cccc(Br)c21. The summed E-state index contributed by atoms with van der Waals surface area (Å²) in [6.07, 6.45) is 0. The molecule has 6 heteroatoms. The Morgan fingerprint density at radius 1 is 1.33 bits per heavy atom. The minimum Gasteiger partial charge on any atom is -0.495 e. The van der Waals surface area contributed by atoms with E-state index in [-0.39, 0.29) is 5.91 Å². The summed E-state index contributed by atoms with van der Waals surface area (Å²) in [5.41, 5.74) is 2.35. The summed E-state index contributed by atoms with van der Waals surface area (Å²) in [5, 5.41) is 6.63. The summed E-state index contributed by atoms with van der Waals surface area (Å²) in [5.74, 6) is 0.520. The van der Waals surface area contributed by atoms with Crippen molar-refractivity contribution in [1.82, 2.24) is 0 Å². The summed E-state index contributed by atoms with van der Waals surface area (Å²) in [7, 11) is 1.58. The summed E-state index contributed by atoms with van der Waals surface area (Å²) in [4.78, 5) is 12.2. The van der Waals surface area contributed by atoms with E-state index in [9.17, 15) is 4.79 Å². The summed E-state index contributed by atoms with van der Waals surface area (Å²) >= 11 is 9.51. The minimum absolute atomic E-state index is 0.112. The molecule has 21 heavy (non-hydrogen) atoms. The second kappa shape index (κ2) is 5.58. The molecule has 1 heterocycles. The van der Waals surface area contributed by atoms with Gasteiger partial charge < -0.3 is 15.4 Å². The second-order valence-corrected chi connectivity index (χ2v) is 5.90. The van der Waals surface area contributed by atoms with Crippen LogP contribution in [0.1, 0.15) is 11.6 Å². The summed E-state index contributed by atoms with van der Waals surface area (Å²) < 4.78 is 6.17. The van der Waals surface area contributed by atoms with E-state index in [1.807, 2.05) is 18.2 Å². The van der Waals surface area contributed by atoms with Gasteiger partial charge in [-0.05, 0) is 30.3 Å². The smallest absolute Gasteiger partial charge is 0.251 e. The van der Waals surface area contributed by atoms with Crippen LogP contribution in [0.3, 0.4) is 0 Å². The lowest BCUT2D eigenvalue weighted by molar-refractivity contribution is -0.116. The average Bonchev–Trinajstić information content (AvgIpc) is 2.77. The zero-order valence-corrected chi connectivity index (χ0v) is 13.5. The standard InChI is InChI=1S/C15H12BrClN2O2/c1-21-12-6-5-8(17)7-11(12)18-14-13-9(16)3-2-4-10(13)19-15(14)20/h2-7,14,18H,1H3,(H,19,20). The Kier molecular flexibility index (Phi) is 3.78. The van der Waals surface area contributed by atoms with Crippen LogP contribution in [0.5, 0.6) is 5.75 Å². The molecule has 2 N–H and O–H groups in total. The van der Waals surface area contributed by atoms with Crippen LogP contribution in [0.15, 0.2) is 40.9 Å². The van der Waals surface area contributed by atoms with Crippen LogP contribution in [-0.4, -0.2) is 13.0 Å². The lowest BCUT2D eigenvalue weighted by Gasteiger charge is -2.17. The molecule has 0 aliphatic carbocycles. The molecular formula is C15H12BrClN2O2. The van der Waals surface area contributed by atoms with Crippen LogP contribution >= 0.6 is 27.5 Å². The van der Waals surface area contributed by atoms with Crippen LogP contribution in [-0.2, 0) is 4.79 Å². The predicted molar refractivity (Wildman–Crippen MR) is 87.1 cm³/mol. The van der Waals surface area contributed by atoms with Crippen molar-refractivity contribution < 1.29 is 9.53 Å². The van der Waals surface area contributed by atoms with Crippen molar-refractivity contribution in [2.24, 2.45) is 0 Å². The molecule has 1 unspecified atom stereocenters. The molecular weight excluding hydrogens is 356 g/mol. The van der Waals surface area contributed by atoms with Crippen molar-refractivity contribution in [3.05, 3.63) is 51.5 Å². The molecule has 3 rings (SSSR count). The van der Waals surface area contributed by atoms with Crippen molar-refractivity contribution in [1.29, 1.82) is 0 Å². The summed E-state index contributed by atoms with van der Waals surface area (Å²) in [6.45, 7) is 0. The lowest BCUT2D eigenvalue weighted by Crippen LogP contribution is -2.20. The van der Waals surface area contributed by atoms with Gasteiger partial charge in [-0.2, -0.15) is 0 Å². The molecule has 2 aromatic carbocycles. The number of nitrogens with one attached hydrogen (secondary N) is 2. The fraction of sp³-hybridized carbons (Fsp3) is 0.133. The van der Waals surface area contributed by atoms with E-state index >= 15 is 0 Å². The first-order chi connectivity index (χ1) is 10.1. The maximum Gasteiger partial charge on any atom is 0.251 e. The Labute approximate surface area is 135 Å². The molecule has 0 bridgehead atoms. The molecule has 0 spiro atoms. The highest BCUT2D eigenvalue weighted by Crippen LogP contribution is 2.40. The van der Waals surface area contributed by atoms with Crippen molar-refractivity contribution in [2.45, 2.75) is 6.04 Å². The number of benzene rings is 2. The van der Waals surface area contributed by atoms with Gasteiger partial charge in [0.2, 0.25) is 0 Å². The second-order valence-electron chi connectivity index (χ2n) is 4.61. The normalized spacial score (nSPS) is 16.3. The van der Waals surface area contributed by atoms with Crippen molar-refractivity contribution in [3.63, 3.8) is 0 Å². The Bertz CT molecular complexity index is 721. The minimum atomic E-state index is -0.497. The maximum absolute atomic E-state index is 12.2. The van der Waals surface area contributed by atoms with Crippen LogP contribution in [0, 0.1) is 0 Å². The molecule has 4 nitrogen and oxygen atoms in total. The molecule has 0 fully saturated rings. The largest absolute Gasteiger partial charge is 0.495 e. The molecule has 1 amide bonds. The van der Waals surface area contributed by atoms with Crippen LogP contribution in [0.4, 0.5) is 11.4 Å². The van der Waals surface area contributed by atoms with E-state index in [0.717, 1.165) is 15.7 Å². The van der Waals surface area contributed by atoms with Crippen molar-refractivity contribution >= 4 is 44.8 Å². The van der Waals surface area contributed by atoms with Gasteiger partial charge in [-0.15, -0.1) is 0 Å². The van der Waals surface area contributed by atoms with Gasteiger partial charge in [0.1, 0.15) is 11.8 Å². The van der Waals surface area contributed by atoms with Crippen molar-refractivity contribution in [2.75, 3.05) is 17.7 Å². The van der Waals surface area contributed by atoms with Gasteiger partial charge in [-0.25, -0.2) is 0 Å². The first-order valence-electron chi connectivity index (χ1n) is 6.29. The van der Waals surface area contributed by atoms with Gasteiger partial charge in [-0.1, -0.05) is 33.6 Å². The average molecular weight is 368 g/mol. The van der Waals surface area contributed by atoms with Crippen molar-refractivity contribution in [3.8, 4) is 5.75 Å². The number of fused-ring (bicyclic) bond motifs is 1. The lowest BCUT2D eigenvalue weighted by atomic mass is 10.1. The zero-order chi connectivity index (χ0) is 15.0. The number of methoxy groups -OCH3 is 1. The van der Waals surface area contributed by atoms with Crippen LogP contribution < -0.4 is 15.4 Å². The number of rotatable bonds is 3. The fourth-order valence-electron chi connectivity index (χ4n) is 2.36. The molecule has 1 aliphatic heterocycles. The molecule has 0 aromatic heterocycles. The third-order valence-electron chi connectivity index (χ3n) is 3.32. The Morgan fingerprint density at radius 3 is 2.90 bits per heavy atom. The Hall–Kier alpha value is -1.72. The maximum atomic E-state index is 12.2. The molecule has 0 radical (unpaired) electrons. The Morgan fingerprint density at radius 2 is 2.14 bits per heavy atom. The molecule has 0 saturated heterocycles. The molecule has 0 saturated carbocycles. The van der Waals surface area contributed by atoms with E-state index in [2.05, 4.69) is 26.6 Å². The number of carbonyl (C=O) groups is 1. The fourth-order valence-corrected chi connectivity index (χ4v) is 3.13. The molecule has 2 aromatic rings. The monoisotopic (exact) mass is 366 g/mol. The van der Waals surface area contributed by atoms with E-state index in [1.54, 1.807) is 25.3 Å². The quantitative estimate of drug-likeness (QED) is 0.854. The molecule has 108 valence electrons. The number of anilines is 2. The van der Waals surface area contributed by atoms with Gasteiger partial charge in [0.05, 0.1) is 12.8 Å². The molecule has 1 aliphatic rings. The van der Waals surface area contributed by atoms with Gasteiger partial charge in [-0.3, -0.25) is 4.79 Å². The topological polar surface area (TPSA) is 50.4 Å². The number of hydrogen-bond donors (Lipinski definition) is 2. The predicted octanol–water partition coefficient (Wildman–Crippen LogP) is 4.22. The van der Waals surface area contributed by atoms with Gasteiger partial charge in [0.15, 0.2) is 0 Å². The number of ether oxygens (including phenoxy) is 1. The highest BCUT2D eigenvalue weighted by Gasteiger charge is 2.32. The first-order valence-corrected chi connectivity index (χ1v) is 7.46. The highest BCUT2D eigenvalue weighted by atomic mass is 79.9.